The Balaban J connectivity index is 1.83. The predicted molar refractivity (Wildman–Crippen MR) is 93.0 cm³/mol. The molecular formula is C18H20ClFN2O2. The van der Waals surface area contributed by atoms with Crippen LogP contribution in [0.3, 0.4) is 0 Å². The molecule has 1 N–H and O–H groups in total. The number of ether oxygens (including phenoxy) is 1. The van der Waals surface area contributed by atoms with E-state index in [1.807, 2.05) is 24.3 Å². The van der Waals surface area contributed by atoms with E-state index in [1.54, 1.807) is 20.2 Å². The first-order chi connectivity index (χ1) is 11.5. The number of hydrogen-bond acceptors (Lipinski definition) is 2. The highest BCUT2D eigenvalue weighted by molar-refractivity contribution is 6.31. The van der Waals surface area contributed by atoms with Gasteiger partial charge >= 0.3 is 6.03 Å². The summed E-state index contributed by atoms with van der Waals surface area (Å²) in [6.45, 7) is 0.598. The van der Waals surface area contributed by atoms with Gasteiger partial charge in [-0.3, -0.25) is 0 Å². The van der Waals surface area contributed by atoms with Crippen molar-refractivity contribution in [3.63, 3.8) is 0 Å². The molecule has 0 radical (unpaired) electrons. The number of carbonyl (C=O) groups excluding carboxylic acids is 1. The molecule has 24 heavy (non-hydrogen) atoms. The molecular weight excluding hydrogens is 331 g/mol. The molecule has 0 aliphatic heterocycles. The van der Waals surface area contributed by atoms with Crippen molar-refractivity contribution in [3.05, 3.63) is 64.4 Å². The Morgan fingerprint density at radius 1 is 1.25 bits per heavy atom. The standard InChI is InChI=1S/C18H20ClFN2O2/c1-22(12-15-16(19)4-3-5-17(15)20)18(23)21-11-10-13-6-8-14(24-2)9-7-13/h3-9H,10-12H2,1-2H3,(H,21,23). The van der Waals surface area contributed by atoms with Gasteiger partial charge in [-0.2, -0.15) is 0 Å². The highest BCUT2D eigenvalue weighted by atomic mass is 35.5. The van der Waals surface area contributed by atoms with E-state index in [4.69, 9.17) is 16.3 Å². The maximum absolute atomic E-state index is 13.8. The van der Waals surface area contributed by atoms with Crippen LogP contribution < -0.4 is 10.1 Å². The van der Waals surface area contributed by atoms with E-state index in [-0.39, 0.29) is 12.6 Å². The van der Waals surface area contributed by atoms with Crippen LogP contribution in [-0.4, -0.2) is 31.6 Å². The lowest BCUT2D eigenvalue weighted by molar-refractivity contribution is 0.206. The maximum atomic E-state index is 13.8. The van der Waals surface area contributed by atoms with E-state index in [0.29, 0.717) is 23.6 Å². The summed E-state index contributed by atoms with van der Waals surface area (Å²) in [6, 6.07) is 11.9. The Hall–Kier alpha value is -2.27. The molecule has 0 spiro atoms. The molecule has 0 saturated carbocycles. The van der Waals surface area contributed by atoms with Gasteiger partial charge in [0.15, 0.2) is 0 Å². The zero-order valence-electron chi connectivity index (χ0n) is 13.7. The third-order valence-corrected chi connectivity index (χ3v) is 4.01. The number of halogens is 2. The first-order valence-electron chi connectivity index (χ1n) is 7.56. The van der Waals surface area contributed by atoms with E-state index >= 15 is 0 Å². The van der Waals surface area contributed by atoms with Crippen LogP contribution in [-0.2, 0) is 13.0 Å². The van der Waals surface area contributed by atoms with E-state index < -0.39 is 5.82 Å². The molecule has 2 aromatic carbocycles. The highest BCUT2D eigenvalue weighted by Gasteiger charge is 2.13. The van der Waals surface area contributed by atoms with Crippen molar-refractivity contribution in [1.82, 2.24) is 10.2 Å². The number of carbonyl (C=O) groups is 1. The fraction of sp³-hybridized carbons (Fsp3) is 0.278. The quantitative estimate of drug-likeness (QED) is 0.859. The molecule has 4 nitrogen and oxygen atoms in total. The minimum Gasteiger partial charge on any atom is -0.497 e. The Morgan fingerprint density at radius 3 is 2.58 bits per heavy atom. The third-order valence-electron chi connectivity index (χ3n) is 3.65. The monoisotopic (exact) mass is 350 g/mol. The van der Waals surface area contributed by atoms with Crippen LogP contribution in [0.1, 0.15) is 11.1 Å². The van der Waals surface area contributed by atoms with Gasteiger partial charge in [0, 0.05) is 24.2 Å². The zero-order valence-corrected chi connectivity index (χ0v) is 14.4. The van der Waals surface area contributed by atoms with Gasteiger partial charge in [-0.15, -0.1) is 0 Å². The number of methoxy groups -OCH3 is 1. The normalized spacial score (nSPS) is 10.3. The fourth-order valence-corrected chi connectivity index (χ4v) is 2.46. The first kappa shape index (κ1) is 18.1. The third kappa shape index (κ3) is 4.86. The molecule has 0 atom stereocenters. The summed E-state index contributed by atoms with van der Waals surface area (Å²) in [6.07, 6.45) is 0.698. The molecule has 0 fully saturated rings. The molecule has 6 heteroatoms. The molecule has 128 valence electrons. The van der Waals surface area contributed by atoms with Crippen molar-refractivity contribution < 1.29 is 13.9 Å². The Labute approximate surface area is 146 Å². The number of hydrogen-bond donors (Lipinski definition) is 1. The number of urea groups is 1. The van der Waals surface area contributed by atoms with Crippen LogP contribution in [0.25, 0.3) is 0 Å². The number of rotatable bonds is 6. The van der Waals surface area contributed by atoms with Crippen molar-refractivity contribution in [2.75, 3.05) is 20.7 Å². The van der Waals surface area contributed by atoms with Gasteiger partial charge in [-0.25, -0.2) is 9.18 Å². The summed E-state index contributed by atoms with van der Waals surface area (Å²) in [5, 5.41) is 3.12. The summed E-state index contributed by atoms with van der Waals surface area (Å²) in [5.41, 5.74) is 1.41. The molecule has 2 aromatic rings. The van der Waals surface area contributed by atoms with Crippen molar-refractivity contribution in [1.29, 1.82) is 0 Å². The molecule has 0 aromatic heterocycles. The molecule has 0 heterocycles. The summed E-state index contributed by atoms with van der Waals surface area (Å²) < 4.78 is 18.9. The highest BCUT2D eigenvalue weighted by Crippen LogP contribution is 2.20. The minimum atomic E-state index is -0.416. The van der Waals surface area contributed by atoms with Crippen molar-refractivity contribution in [2.45, 2.75) is 13.0 Å². The van der Waals surface area contributed by atoms with Gasteiger partial charge in [-0.1, -0.05) is 29.8 Å². The molecule has 2 rings (SSSR count). The van der Waals surface area contributed by atoms with Crippen LogP contribution in [0, 0.1) is 5.82 Å². The average molecular weight is 351 g/mol. The van der Waals surface area contributed by atoms with Gasteiger partial charge < -0.3 is 15.0 Å². The van der Waals surface area contributed by atoms with Crippen molar-refractivity contribution in [2.24, 2.45) is 0 Å². The van der Waals surface area contributed by atoms with Crippen molar-refractivity contribution >= 4 is 17.6 Å². The second kappa shape index (κ2) is 8.55. The maximum Gasteiger partial charge on any atom is 0.317 e. The molecule has 2 amide bonds. The summed E-state index contributed by atoms with van der Waals surface area (Å²) >= 11 is 5.98. The average Bonchev–Trinajstić information content (AvgIpc) is 2.58. The van der Waals surface area contributed by atoms with Crippen LogP contribution in [0.4, 0.5) is 9.18 Å². The van der Waals surface area contributed by atoms with Crippen LogP contribution in [0.2, 0.25) is 5.02 Å². The number of amides is 2. The molecule has 0 bridgehead atoms. The van der Waals surface area contributed by atoms with Crippen molar-refractivity contribution in [3.8, 4) is 5.75 Å². The van der Waals surface area contributed by atoms with Crippen LogP contribution in [0.15, 0.2) is 42.5 Å². The van der Waals surface area contributed by atoms with E-state index in [0.717, 1.165) is 11.3 Å². The molecule has 0 aliphatic carbocycles. The lowest BCUT2D eigenvalue weighted by Gasteiger charge is -2.19. The Morgan fingerprint density at radius 2 is 1.96 bits per heavy atom. The van der Waals surface area contributed by atoms with Gasteiger partial charge in [-0.05, 0) is 36.2 Å². The van der Waals surface area contributed by atoms with Crippen LogP contribution >= 0.6 is 11.6 Å². The summed E-state index contributed by atoms with van der Waals surface area (Å²) in [5.74, 6) is 0.379. The van der Waals surface area contributed by atoms with Gasteiger partial charge in [0.25, 0.3) is 0 Å². The number of benzene rings is 2. The summed E-state index contributed by atoms with van der Waals surface area (Å²) in [4.78, 5) is 13.5. The van der Waals surface area contributed by atoms with E-state index in [2.05, 4.69) is 5.32 Å². The smallest absolute Gasteiger partial charge is 0.317 e. The van der Waals surface area contributed by atoms with E-state index in [1.165, 1.54) is 17.0 Å². The number of nitrogens with one attached hydrogen (secondary N) is 1. The van der Waals surface area contributed by atoms with Gasteiger partial charge in [0.2, 0.25) is 0 Å². The molecule has 0 saturated heterocycles. The predicted octanol–water partition coefficient (Wildman–Crippen LogP) is 3.87. The zero-order chi connectivity index (χ0) is 17.5. The molecule has 0 aliphatic rings. The lowest BCUT2D eigenvalue weighted by Crippen LogP contribution is -2.38. The topological polar surface area (TPSA) is 41.6 Å². The minimum absolute atomic E-state index is 0.111. The Bertz CT molecular complexity index is 672. The second-order valence-electron chi connectivity index (χ2n) is 5.39. The molecule has 0 unspecified atom stereocenters. The SMILES string of the molecule is COc1ccc(CCNC(=O)N(C)Cc2c(F)cccc2Cl)cc1. The largest absolute Gasteiger partial charge is 0.497 e. The second-order valence-corrected chi connectivity index (χ2v) is 5.79. The Kier molecular flexibility index (Phi) is 6.44. The van der Waals surface area contributed by atoms with Crippen LogP contribution in [0.5, 0.6) is 5.75 Å². The number of nitrogens with zero attached hydrogens (tertiary/aromatic N) is 1. The van der Waals surface area contributed by atoms with Gasteiger partial charge in [0.1, 0.15) is 11.6 Å². The fourth-order valence-electron chi connectivity index (χ4n) is 2.23. The van der Waals surface area contributed by atoms with E-state index in [9.17, 15) is 9.18 Å². The first-order valence-corrected chi connectivity index (χ1v) is 7.94. The summed E-state index contributed by atoms with van der Waals surface area (Å²) in [7, 11) is 3.22. The lowest BCUT2D eigenvalue weighted by atomic mass is 10.1. The van der Waals surface area contributed by atoms with Gasteiger partial charge in [0.05, 0.1) is 13.7 Å².